The lowest BCUT2D eigenvalue weighted by Gasteiger charge is -2.28. The van der Waals surface area contributed by atoms with Crippen LogP contribution >= 0.6 is 0 Å². The molecule has 4 rings (SSSR count). The van der Waals surface area contributed by atoms with Crippen LogP contribution in [0.1, 0.15) is 32.6 Å². The van der Waals surface area contributed by atoms with E-state index in [1.54, 1.807) is 25.4 Å². The average molecular weight is 499 g/mol. The summed E-state index contributed by atoms with van der Waals surface area (Å²) in [7, 11) is 1.55. The van der Waals surface area contributed by atoms with E-state index in [0.717, 1.165) is 33.2 Å². The number of aromatic amines is 1. The number of para-hydroxylation sites is 1. The summed E-state index contributed by atoms with van der Waals surface area (Å²) >= 11 is 0. The molecule has 190 valence electrons. The third kappa shape index (κ3) is 6.06. The highest BCUT2D eigenvalue weighted by Gasteiger charge is 2.33. The summed E-state index contributed by atoms with van der Waals surface area (Å²) in [6.07, 6.45) is 0.505. The van der Waals surface area contributed by atoms with Gasteiger partial charge in [0, 0.05) is 42.6 Å². The zero-order valence-corrected chi connectivity index (χ0v) is 21.1. The number of carbonyl (C=O) groups is 3. The van der Waals surface area contributed by atoms with Gasteiger partial charge in [0.05, 0.1) is 0 Å². The van der Waals surface area contributed by atoms with Crippen LogP contribution in [0.4, 0.5) is 0 Å². The zero-order valence-electron chi connectivity index (χ0n) is 21.1. The van der Waals surface area contributed by atoms with Crippen LogP contribution in [0.2, 0.25) is 0 Å². The number of fused-ring (bicyclic) bond motifs is 1. The maximum Gasteiger partial charge on any atom is 0.345 e. The number of hydrogen-bond acceptors (Lipinski definition) is 4. The number of likely N-dealkylation sites (N-methyl/N-ethyl adjacent to an activating group) is 1. The molecule has 0 saturated heterocycles. The van der Waals surface area contributed by atoms with Crippen LogP contribution in [0, 0.1) is 13.8 Å². The number of carbonyl (C=O) groups excluding carboxylic acids is 2. The maximum atomic E-state index is 13.5. The van der Waals surface area contributed by atoms with Gasteiger partial charge in [0.1, 0.15) is 6.04 Å². The van der Waals surface area contributed by atoms with Gasteiger partial charge in [0.2, 0.25) is 6.10 Å². The van der Waals surface area contributed by atoms with E-state index in [1.165, 1.54) is 4.90 Å². The number of carboxylic acid groups (broad SMARTS) is 1. The SMILES string of the molecule is Cc1cc(C)cc(C(=O)N(C)[C@@H](Cc2ccccc2)C(=O)OC(Cc2c[nH]c3ccccc23)C(=O)O)c1. The number of nitrogens with one attached hydrogen (secondary N) is 1. The minimum absolute atomic E-state index is 0.00210. The second-order valence-electron chi connectivity index (χ2n) is 9.33. The van der Waals surface area contributed by atoms with Crippen molar-refractivity contribution in [2.45, 2.75) is 38.8 Å². The molecular formula is C30H30N2O5. The Bertz CT molecular complexity index is 1410. The summed E-state index contributed by atoms with van der Waals surface area (Å²) in [5, 5.41) is 10.8. The number of H-pyrrole nitrogens is 1. The zero-order chi connectivity index (χ0) is 26.5. The Kier molecular flexibility index (Phi) is 7.72. The molecule has 7 heteroatoms. The second-order valence-corrected chi connectivity index (χ2v) is 9.33. The average Bonchev–Trinajstić information content (AvgIpc) is 3.28. The molecule has 0 fully saturated rings. The largest absolute Gasteiger partial charge is 0.478 e. The van der Waals surface area contributed by atoms with Crippen molar-refractivity contribution in [3.05, 3.63) is 107 Å². The first kappa shape index (κ1) is 25.7. The van der Waals surface area contributed by atoms with Gasteiger partial charge in [-0.05, 0) is 43.2 Å². The van der Waals surface area contributed by atoms with Crippen LogP contribution in [0.3, 0.4) is 0 Å². The van der Waals surface area contributed by atoms with Crippen LogP contribution in [-0.2, 0) is 27.2 Å². The standard InChI is InChI=1S/C30H30N2O5/c1-19-13-20(2)15-22(14-19)28(33)32(3)26(16-21-9-5-4-6-10-21)30(36)37-27(29(34)35)17-23-18-31-25-12-8-7-11-24(23)25/h4-15,18,26-27,31H,16-17H2,1-3H3,(H,34,35)/t26-,27?/m0/s1. The quantitative estimate of drug-likeness (QED) is 0.326. The Morgan fingerprint density at radius 3 is 2.24 bits per heavy atom. The molecule has 0 radical (unpaired) electrons. The van der Waals surface area contributed by atoms with Gasteiger partial charge in [0.25, 0.3) is 5.91 Å². The van der Waals surface area contributed by atoms with Crippen molar-refractivity contribution in [2.75, 3.05) is 7.05 Å². The smallest absolute Gasteiger partial charge is 0.345 e. The molecule has 37 heavy (non-hydrogen) atoms. The summed E-state index contributed by atoms with van der Waals surface area (Å²) < 4.78 is 5.58. The van der Waals surface area contributed by atoms with Crippen molar-refractivity contribution in [2.24, 2.45) is 0 Å². The first-order chi connectivity index (χ1) is 17.7. The van der Waals surface area contributed by atoms with Gasteiger partial charge in [-0.3, -0.25) is 4.79 Å². The van der Waals surface area contributed by atoms with Gasteiger partial charge >= 0.3 is 11.9 Å². The molecule has 1 unspecified atom stereocenters. The van der Waals surface area contributed by atoms with Gasteiger partial charge in [-0.15, -0.1) is 0 Å². The minimum atomic E-state index is -1.41. The molecule has 4 aromatic rings. The van der Waals surface area contributed by atoms with E-state index in [4.69, 9.17) is 4.74 Å². The number of aromatic nitrogens is 1. The van der Waals surface area contributed by atoms with Gasteiger partial charge in [-0.1, -0.05) is 65.7 Å². The maximum absolute atomic E-state index is 13.5. The summed E-state index contributed by atoms with van der Waals surface area (Å²) in [5.74, 6) is -2.36. The predicted octanol–water partition coefficient (Wildman–Crippen LogP) is 4.71. The molecule has 7 nitrogen and oxygen atoms in total. The third-order valence-electron chi connectivity index (χ3n) is 6.41. The van der Waals surface area contributed by atoms with Crippen LogP contribution in [0.5, 0.6) is 0 Å². The number of nitrogens with zero attached hydrogens (tertiary/aromatic N) is 1. The summed E-state index contributed by atoms with van der Waals surface area (Å²) in [4.78, 5) is 43.5. The molecule has 3 aromatic carbocycles. The number of ether oxygens (including phenoxy) is 1. The number of hydrogen-bond donors (Lipinski definition) is 2. The predicted molar refractivity (Wildman–Crippen MR) is 141 cm³/mol. The Morgan fingerprint density at radius 1 is 0.919 bits per heavy atom. The molecule has 2 N–H and O–H groups in total. The normalized spacial score (nSPS) is 12.6. The fourth-order valence-corrected chi connectivity index (χ4v) is 4.56. The Morgan fingerprint density at radius 2 is 1.57 bits per heavy atom. The second kappa shape index (κ2) is 11.1. The number of esters is 1. The monoisotopic (exact) mass is 498 g/mol. The molecule has 1 aromatic heterocycles. The molecule has 0 spiro atoms. The molecular weight excluding hydrogens is 468 g/mol. The van der Waals surface area contributed by atoms with E-state index in [1.807, 2.05) is 74.5 Å². The number of aliphatic carboxylic acids is 1. The molecule has 1 amide bonds. The first-order valence-corrected chi connectivity index (χ1v) is 12.1. The van der Waals surface area contributed by atoms with Crippen LogP contribution in [0.25, 0.3) is 10.9 Å². The van der Waals surface area contributed by atoms with E-state index < -0.39 is 24.1 Å². The lowest BCUT2D eigenvalue weighted by atomic mass is 10.0. The number of rotatable bonds is 9. The van der Waals surface area contributed by atoms with E-state index in [0.29, 0.717) is 5.56 Å². The Hall–Kier alpha value is -4.39. The van der Waals surface area contributed by atoms with Crippen LogP contribution < -0.4 is 0 Å². The fourth-order valence-electron chi connectivity index (χ4n) is 4.56. The number of aryl methyl sites for hydroxylation is 2. The van der Waals surface area contributed by atoms with Gasteiger partial charge < -0.3 is 19.7 Å². The van der Waals surface area contributed by atoms with Crippen LogP contribution in [-0.4, -0.2) is 52.0 Å². The molecule has 2 atom stereocenters. The van der Waals surface area contributed by atoms with Crippen molar-refractivity contribution < 1.29 is 24.2 Å². The Balaban J connectivity index is 1.60. The molecule has 1 heterocycles. The first-order valence-electron chi connectivity index (χ1n) is 12.1. The topological polar surface area (TPSA) is 99.7 Å². The molecule has 0 aliphatic heterocycles. The fraction of sp³-hybridized carbons (Fsp3) is 0.233. The van der Waals surface area contributed by atoms with Crippen molar-refractivity contribution in [1.29, 1.82) is 0 Å². The number of amides is 1. The van der Waals surface area contributed by atoms with E-state index in [9.17, 15) is 19.5 Å². The van der Waals surface area contributed by atoms with E-state index >= 15 is 0 Å². The molecule has 0 saturated carbocycles. The van der Waals surface area contributed by atoms with Crippen molar-refractivity contribution >= 4 is 28.7 Å². The van der Waals surface area contributed by atoms with Crippen molar-refractivity contribution in [1.82, 2.24) is 9.88 Å². The van der Waals surface area contributed by atoms with Gasteiger partial charge in [-0.2, -0.15) is 0 Å². The van der Waals surface area contributed by atoms with E-state index in [-0.39, 0.29) is 18.7 Å². The van der Waals surface area contributed by atoms with Gasteiger partial charge in [0.15, 0.2) is 0 Å². The van der Waals surface area contributed by atoms with Crippen LogP contribution in [0.15, 0.2) is 79.0 Å². The van der Waals surface area contributed by atoms with Gasteiger partial charge in [-0.25, -0.2) is 9.59 Å². The highest BCUT2D eigenvalue weighted by molar-refractivity contribution is 5.97. The highest BCUT2D eigenvalue weighted by atomic mass is 16.6. The summed E-state index contributed by atoms with van der Waals surface area (Å²) in [6.45, 7) is 3.81. The summed E-state index contributed by atoms with van der Waals surface area (Å²) in [6, 6.07) is 21.3. The lowest BCUT2D eigenvalue weighted by molar-refractivity contribution is -0.166. The van der Waals surface area contributed by atoms with Crippen molar-refractivity contribution in [3.8, 4) is 0 Å². The highest BCUT2D eigenvalue weighted by Crippen LogP contribution is 2.21. The lowest BCUT2D eigenvalue weighted by Crippen LogP contribution is -2.46. The molecule has 0 aliphatic rings. The minimum Gasteiger partial charge on any atom is -0.478 e. The third-order valence-corrected chi connectivity index (χ3v) is 6.41. The number of carboxylic acids is 1. The van der Waals surface area contributed by atoms with E-state index in [2.05, 4.69) is 4.98 Å². The molecule has 0 aliphatic carbocycles. The number of benzene rings is 3. The Labute approximate surface area is 215 Å². The summed E-state index contributed by atoms with van der Waals surface area (Å²) in [5.41, 5.74) is 4.75. The van der Waals surface area contributed by atoms with Crippen molar-refractivity contribution in [3.63, 3.8) is 0 Å². The molecule has 0 bridgehead atoms.